The van der Waals surface area contributed by atoms with Gasteiger partial charge in [0, 0.05) is 13.1 Å². The van der Waals surface area contributed by atoms with Crippen LogP contribution in [0.5, 0.6) is 0 Å². The second-order valence-corrected chi connectivity index (χ2v) is 4.23. The van der Waals surface area contributed by atoms with E-state index in [9.17, 15) is 0 Å². The lowest BCUT2D eigenvalue weighted by Gasteiger charge is -2.23. The molecule has 5 nitrogen and oxygen atoms in total. The normalized spacial score (nSPS) is 11.1. The molecule has 0 atom stereocenters. The summed E-state index contributed by atoms with van der Waals surface area (Å²) in [5.74, 6) is 1.33. The predicted molar refractivity (Wildman–Crippen MR) is 69.0 cm³/mol. The number of hydrogen-bond donors (Lipinski definition) is 1. The quantitative estimate of drug-likeness (QED) is 0.753. The number of nitrogens with one attached hydrogen (secondary N) is 1. The van der Waals surface area contributed by atoms with Gasteiger partial charge in [0.1, 0.15) is 0 Å². The molecule has 1 N–H and O–H groups in total. The highest BCUT2D eigenvalue weighted by atomic mass is 16.4. The molecule has 0 aliphatic rings. The van der Waals surface area contributed by atoms with E-state index in [1.165, 1.54) is 12.8 Å². The van der Waals surface area contributed by atoms with Crippen LogP contribution in [0, 0.1) is 5.92 Å². The van der Waals surface area contributed by atoms with Crippen molar-refractivity contribution < 1.29 is 4.42 Å². The van der Waals surface area contributed by atoms with Gasteiger partial charge < -0.3 is 14.6 Å². The van der Waals surface area contributed by atoms with Crippen LogP contribution in [0.4, 0.5) is 6.01 Å². The number of aromatic nitrogens is 2. The lowest BCUT2D eigenvalue weighted by Crippen LogP contribution is -2.29. The Morgan fingerprint density at radius 1 is 1.24 bits per heavy atom. The summed E-state index contributed by atoms with van der Waals surface area (Å²) in [7, 11) is 1.87. The molecule has 1 aromatic rings. The Morgan fingerprint density at radius 3 is 2.47 bits per heavy atom. The van der Waals surface area contributed by atoms with Crippen molar-refractivity contribution in [3.63, 3.8) is 0 Å². The van der Waals surface area contributed by atoms with E-state index in [0.717, 1.165) is 13.1 Å². The second kappa shape index (κ2) is 7.27. The summed E-state index contributed by atoms with van der Waals surface area (Å²) in [6.07, 6.45) is 2.37. The summed E-state index contributed by atoms with van der Waals surface area (Å²) in [6, 6.07) is 0.643. The van der Waals surface area contributed by atoms with Gasteiger partial charge in [-0.25, -0.2) is 0 Å². The minimum Gasteiger partial charge on any atom is -0.407 e. The summed E-state index contributed by atoms with van der Waals surface area (Å²) in [4.78, 5) is 2.16. The minimum atomic E-state index is 0.621. The first kappa shape index (κ1) is 14.0. The maximum Gasteiger partial charge on any atom is 0.318 e. The third-order valence-electron chi connectivity index (χ3n) is 3.07. The van der Waals surface area contributed by atoms with Gasteiger partial charge in [0.25, 0.3) is 0 Å². The summed E-state index contributed by atoms with van der Waals surface area (Å²) in [5, 5.41) is 11.1. The first-order valence-electron chi connectivity index (χ1n) is 6.46. The first-order valence-corrected chi connectivity index (χ1v) is 6.46. The second-order valence-electron chi connectivity index (χ2n) is 4.23. The molecule has 0 fully saturated rings. The highest BCUT2D eigenvalue weighted by Crippen LogP contribution is 2.17. The Bertz CT molecular complexity index is 309. The standard InChI is InChI=1S/C12H24N4O/c1-5-10(6-2)9-16(7-3)12-15-14-11(17-12)8-13-4/h10,13H,5-9H2,1-4H3. The molecule has 1 heterocycles. The molecule has 17 heavy (non-hydrogen) atoms. The average Bonchev–Trinajstić information content (AvgIpc) is 2.80. The monoisotopic (exact) mass is 240 g/mol. The number of anilines is 1. The van der Waals surface area contributed by atoms with Gasteiger partial charge in [0.2, 0.25) is 5.89 Å². The zero-order valence-corrected chi connectivity index (χ0v) is 11.4. The Kier molecular flexibility index (Phi) is 5.97. The Labute approximate surface area is 104 Å². The van der Waals surface area contributed by atoms with Crippen LogP contribution in [0.2, 0.25) is 0 Å². The van der Waals surface area contributed by atoms with Gasteiger partial charge in [0.15, 0.2) is 0 Å². The molecular formula is C12H24N4O. The highest BCUT2D eigenvalue weighted by molar-refractivity contribution is 5.23. The fraction of sp³-hybridized carbons (Fsp3) is 0.833. The van der Waals surface area contributed by atoms with Crippen LogP contribution in [-0.2, 0) is 6.54 Å². The number of rotatable bonds is 8. The van der Waals surface area contributed by atoms with E-state index in [1.54, 1.807) is 0 Å². The lowest BCUT2D eigenvalue weighted by molar-refractivity contribution is 0.437. The topological polar surface area (TPSA) is 54.2 Å². The van der Waals surface area contributed by atoms with E-state index in [-0.39, 0.29) is 0 Å². The molecule has 0 saturated heterocycles. The number of hydrogen-bond acceptors (Lipinski definition) is 5. The van der Waals surface area contributed by atoms with Crippen molar-refractivity contribution in [2.45, 2.75) is 40.2 Å². The summed E-state index contributed by atoms with van der Waals surface area (Å²) >= 11 is 0. The SMILES string of the molecule is CCC(CC)CN(CC)c1nnc(CNC)o1. The third-order valence-corrected chi connectivity index (χ3v) is 3.07. The molecule has 0 amide bonds. The molecule has 0 aliphatic carbocycles. The van der Waals surface area contributed by atoms with Gasteiger partial charge in [-0.05, 0) is 19.9 Å². The third kappa shape index (κ3) is 4.00. The van der Waals surface area contributed by atoms with E-state index >= 15 is 0 Å². The Hall–Kier alpha value is -1.10. The molecule has 5 heteroatoms. The maximum atomic E-state index is 5.61. The van der Waals surface area contributed by atoms with E-state index in [1.807, 2.05) is 7.05 Å². The molecule has 0 aliphatic heterocycles. The molecule has 0 radical (unpaired) electrons. The smallest absolute Gasteiger partial charge is 0.318 e. The summed E-state index contributed by atoms with van der Waals surface area (Å²) < 4.78 is 5.61. The molecule has 98 valence electrons. The van der Waals surface area contributed by atoms with Crippen molar-refractivity contribution in [3.05, 3.63) is 5.89 Å². The number of nitrogens with zero attached hydrogens (tertiary/aromatic N) is 3. The van der Waals surface area contributed by atoms with Crippen LogP contribution in [-0.4, -0.2) is 30.3 Å². The molecule has 1 aromatic heterocycles. The van der Waals surface area contributed by atoms with E-state index in [4.69, 9.17) is 4.42 Å². The molecule has 0 unspecified atom stereocenters. The van der Waals surface area contributed by atoms with Gasteiger partial charge >= 0.3 is 6.01 Å². The van der Waals surface area contributed by atoms with Crippen molar-refractivity contribution in [1.82, 2.24) is 15.5 Å². The van der Waals surface area contributed by atoms with Crippen LogP contribution < -0.4 is 10.2 Å². The zero-order chi connectivity index (χ0) is 12.7. The van der Waals surface area contributed by atoms with Gasteiger partial charge in [-0.15, -0.1) is 5.10 Å². The van der Waals surface area contributed by atoms with Crippen LogP contribution in [0.25, 0.3) is 0 Å². The van der Waals surface area contributed by atoms with Crippen molar-refractivity contribution >= 4 is 6.01 Å². The van der Waals surface area contributed by atoms with Crippen molar-refractivity contribution in [2.75, 3.05) is 25.0 Å². The lowest BCUT2D eigenvalue weighted by atomic mass is 10.0. The van der Waals surface area contributed by atoms with Crippen LogP contribution in [0.3, 0.4) is 0 Å². The van der Waals surface area contributed by atoms with Gasteiger partial charge in [-0.1, -0.05) is 31.8 Å². The largest absolute Gasteiger partial charge is 0.407 e. The Morgan fingerprint density at radius 2 is 1.94 bits per heavy atom. The van der Waals surface area contributed by atoms with E-state index in [0.29, 0.717) is 24.4 Å². The van der Waals surface area contributed by atoms with Crippen LogP contribution >= 0.6 is 0 Å². The molecular weight excluding hydrogens is 216 g/mol. The molecule has 0 saturated carbocycles. The van der Waals surface area contributed by atoms with Crippen molar-refractivity contribution in [2.24, 2.45) is 5.92 Å². The van der Waals surface area contributed by atoms with E-state index in [2.05, 4.69) is 41.2 Å². The molecule has 0 bridgehead atoms. The fourth-order valence-electron chi connectivity index (χ4n) is 1.80. The summed E-state index contributed by atoms with van der Waals surface area (Å²) in [5.41, 5.74) is 0. The molecule has 0 spiro atoms. The highest BCUT2D eigenvalue weighted by Gasteiger charge is 2.16. The van der Waals surface area contributed by atoms with Crippen molar-refractivity contribution in [1.29, 1.82) is 0 Å². The van der Waals surface area contributed by atoms with Crippen LogP contribution in [0.1, 0.15) is 39.5 Å². The zero-order valence-electron chi connectivity index (χ0n) is 11.4. The summed E-state index contributed by atoms with van der Waals surface area (Å²) in [6.45, 7) is 9.08. The predicted octanol–water partition coefficient (Wildman–Crippen LogP) is 2.05. The fourth-order valence-corrected chi connectivity index (χ4v) is 1.80. The van der Waals surface area contributed by atoms with Crippen molar-refractivity contribution in [3.8, 4) is 0 Å². The molecule has 1 rings (SSSR count). The minimum absolute atomic E-state index is 0.621. The van der Waals surface area contributed by atoms with Gasteiger partial charge in [0.05, 0.1) is 6.54 Å². The molecule has 0 aromatic carbocycles. The average molecular weight is 240 g/mol. The van der Waals surface area contributed by atoms with Crippen LogP contribution in [0.15, 0.2) is 4.42 Å². The van der Waals surface area contributed by atoms with Gasteiger partial charge in [-0.3, -0.25) is 0 Å². The maximum absolute atomic E-state index is 5.61. The van der Waals surface area contributed by atoms with Gasteiger partial charge in [-0.2, -0.15) is 0 Å². The first-order chi connectivity index (χ1) is 8.24. The Balaban J connectivity index is 2.64. The van der Waals surface area contributed by atoms with E-state index < -0.39 is 0 Å².